The molecule has 0 aromatic heterocycles. The lowest BCUT2D eigenvalue weighted by Crippen LogP contribution is -3.14. The number of nitrogens with one attached hydrogen (secondary N) is 1. The number of halogens is 1. The van der Waals surface area contributed by atoms with E-state index in [1.807, 2.05) is 30.3 Å². The molecule has 0 radical (unpaired) electrons. The Kier molecular flexibility index (Phi) is 6.26. The number of ether oxygens (including phenoxy) is 1. The number of benzene rings is 2. The molecular weight excluding hydrogens is 367 g/mol. The second kappa shape index (κ2) is 8.65. The summed E-state index contributed by atoms with van der Waals surface area (Å²) >= 11 is 0. The summed E-state index contributed by atoms with van der Waals surface area (Å²) in [4.78, 5) is 1.29. The zero-order chi connectivity index (χ0) is 19.3. The molecule has 144 valence electrons. The molecule has 0 unspecified atom stereocenters. The molecule has 2 aromatic rings. The van der Waals surface area contributed by atoms with Crippen molar-refractivity contribution < 1.29 is 22.4 Å². The highest BCUT2D eigenvalue weighted by Gasteiger charge is 2.30. The molecule has 1 N–H and O–H groups in total. The average Bonchev–Trinajstić information content (AvgIpc) is 2.69. The molecule has 1 heterocycles. The highest BCUT2D eigenvalue weighted by Crippen LogP contribution is 2.23. The summed E-state index contributed by atoms with van der Waals surface area (Å²) in [5, 5.41) is 0. The maximum atomic E-state index is 13.9. The van der Waals surface area contributed by atoms with E-state index in [2.05, 4.69) is 12.2 Å². The molecule has 0 spiro atoms. The van der Waals surface area contributed by atoms with Crippen LogP contribution in [0.2, 0.25) is 0 Å². The predicted octanol–water partition coefficient (Wildman–Crippen LogP) is 1.44. The van der Waals surface area contributed by atoms with E-state index in [4.69, 9.17) is 4.74 Å². The topological polar surface area (TPSA) is 51.1 Å². The van der Waals surface area contributed by atoms with Crippen LogP contribution in [0, 0.1) is 5.82 Å². The van der Waals surface area contributed by atoms with Gasteiger partial charge in [0.1, 0.15) is 0 Å². The van der Waals surface area contributed by atoms with E-state index in [1.165, 1.54) is 28.4 Å². The molecule has 0 bridgehead atoms. The first-order valence-electron chi connectivity index (χ1n) is 8.89. The molecule has 27 heavy (non-hydrogen) atoms. The van der Waals surface area contributed by atoms with Gasteiger partial charge in [0.05, 0.1) is 44.7 Å². The number of rotatable bonds is 6. The van der Waals surface area contributed by atoms with E-state index in [0.717, 1.165) is 31.3 Å². The highest BCUT2D eigenvalue weighted by atomic mass is 32.2. The molecule has 1 aliphatic heterocycles. The van der Waals surface area contributed by atoms with Crippen molar-refractivity contribution in [1.29, 1.82) is 0 Å². The van der Waals surface area contributed by atoms with Crippen LogP contribution in [0.1, 0.15) is 5.56 Å². The van der Waals surface area contributed by atoms with Crippen LogP contribution in [-0.4, -0.2) is 52.6 Å². The highest BCUT2D eigenvalue weighted by molar-refractivity contribution is 7.89. The molecule has 0 atom stereocenters. The van der Waals surface area contributed by atoms with Crippen molar-refractivity contribution in [2.24, 2.45) is 0 Å². The normalized spacial score (nSPS) is 16.7. The molecular formula is C20H24FN2O3S+. The minimum atomic E-state index is -3.69. The smallest absolute Gasteiger partial charge is 0.243 e. The Morgan fingerprint density at radius 1 is 1.15 bits per heavy atom. The van der Waals surface area contributed by atoms with Gasteiger partial charge in [-0.2, -0.15) is 4.31 Å². The Hall–Kier alpha value is -2.22. The molecule has 1 saturated heterocycles. The fourth-order valence-corrected chi connectivity index (χ4v) is 4.58. The van der Waals surface area contributed by atoms with Crippen molar-refractivity contribution in [2.75, 3.05) is 39.8 Å². The van der Waals surface area contributed by atoms with Crippen molar-refractivity contribution in [3.05, 3.63) is 66.0 Å². The quantitative estimate of drug-likeness (QED) is 0.811. The lowest BCUT2D eigenvalue weighted by Gasteiger charge is -2.31. The minimum Gasteiger partial charge on any atom is -0.494 e. The molecule has 1 aliphatic rings. The molecule has 2 aromatic carbocycles. The van der Waals surface area contributed by atoms with Crippen molar-refractivity contribution in [1.82, 2.24) is 4.31 Å². The number of quaternary nitrogens is 1. The van der Waals surface area contributed by atoms with Crippen LogP contribution >= 0.6 is 0 Å². The van der Waals surface area contributed by atoms with Gasteiger partial charge in [0.15, 0.2) is 11.6 Å². The lowest BCUT2D eigenvalue weighted by molar-refractivity contribution is -0.897. The summed E-state index contributed by atoms with van der Waals surface area (Å²) in [5.41, 5.74) is 1.15. The Morgan fingerprint density at radius 2 is 1.85 bits per heavy atom. The summed E-state index contributed by atoms with van der Waals surface area (Å²) in [6, 6.07) is 13.8. The number of hydrogen-bond donors (Lipinski definition) is 1. The molecule has 3 rings (SSSR count). The molecule has 1 fully saturated rings. The summed E-state index contributed by atoms with van der Waals surface area (Å²) in [6.45, 7) is 3.13. The average molecular weight is 391 g/mol. The number of methoxy groups -OCH3 is 1. The summed E-state index contributed by atoms with van der Waals surface area (Å²) in [5.74, 6) is -0.637. The van der Waals surface area contributed by atoms with E-state index in [9.17, 15) is 12.8 Å². The van der Waals surface area contributed by atoms with Gasteiger partial charge in [0, 0.05) is 0 Å². The largest absolute Gasteiger partial charge is 0.494 e. The van der Waals surface area contributed by atoms with Crippen LogP contribution in [0.3, 0.4) is 0 Å². The monoisotopic (exact) mass is 391 g/mol. The van der Waals surface area contributed by atoms with Crippen LogP contribution in [0.4, 0.5) is 4.39 Å². The minimum absolute atomic E-state index is 0.0341. The van der Waals surface area contributed by atoms with Gasteiger partial charge in [-0.1, -0.05) is 36.4 Å². The van der Waals surface area contributed by atoms with Gasteiger partial charge < -0.3 is 9.64 Å². The maximum Gasteiger partial charge on any atom is 0.243 e. The van der Waals surface area contributed by atoms with Crippen molar-refractivity contribution in [2.45, 2.75) is 4.90 Å². The first-order chi connectivity index (χ1) is 13.0. The molecule has 7 heteroatoms. The fourth-order valence-electron chi connectivity index (χ4n) is 3.13. The zero-order valence-corrected chi connectivity index (χ0v) is 16.1. The van der Waals surface area contributed by atoms with Crippen LogP contribution in [0.5, 0.6) is 5.75 Å². The molecule has 0 saturated carbocycles. The Labute approximate surface area is 159 Å². The Bertz CT molecular complexity index is 893. The standard InChI is InChI=1S/C20H23FN2O3S/c1-26-20-10-9-18(16-19(20)21)27(24,25)23-14-12-22(13-15-23)11-5-8-17-6-3-2-4-7-17/h2-10,16H,11-15H2,1H3/p+1/b8-5+. The molecule has 0 aliphatic carbocycles. The second-order valence-corrected chi connectivity index (χ2v) is 8.41. The molecule has 0 amide bonds. The van der Waals surface area contributed by atoms with E-state index in [-0.39, 0.29) is 10.6 Å². The summed E-state index contributed by atoms with van der Waals surface area (Å²) in [6.07, 6.45) is 4.20. The van der Waals surface area contributed by atoms with Gasteiger partial charge in [-0.3, -0.25) is 0 Å². The van der Waals surface area contributed by atoms with Crippen LogP contribution < -0.4 is 9.64 Å². The van der Waals surface area contributed by atoms with E-state index < -0.39 is 15.8 Å². The van der Waals surface area contributed by atoms with Crippen LogP contribution in [0.25, 0.3) is 6.08 Å². The van der Waals surface area contributed by atoms with Crippen molar-refractivity contribution in [3.63, 3.8) is 0 Å². The second-order valence-electron chi connectivity index (χ2n) is 6.47. The van der Waals surface area contributed by atoms with Crippen molar-refractivity contribution >= 4 is 16.1 Å². The summed E-state index contributed by atoms with van der Waals surface area (Å²) in [7, 11) is -2.34. The predicted molar refractivity (Wildman–Crippen MR) is 103 cm³/mol. The van der Waals surface area contributed by atoms with Gasteiger partial charge >= 0.3 is 0 Å². The third-order valence-corrected chi connectivity index (χ3v) is 6.60. The van der Waals surface area contributed by atoms with E-state index in [1.54, 1.807) is 0 Å². The first kappa shape index (κ1) is 19.5. The van der Waals surface area contributed by atoms with Gasteiger partial charge in [0.25, 0.3) is 0 Å². The third-order valence-electron chi connectivity index (χ3n) is 4.71. The number of sulfonamides is 1. The van der Waals surface area contributed by atoms with Gasteiger partial charge in [0.2, 0.25) is 10.0 Å². The van der Waals surface area contributed by atoms with Gasteiger partial charge in [-0.15, -0.1) is 0 Å². The number of nitrogens with zero attached hydrogens (tertiary/aromatic N) is 1. The maximum absolute atomic E-state index is 13.9. The van der Waals surface area contributed by atoms with E-state index >= 15 is 0 Å². The van der Waals surface area contributed by atoms with Crippen LogP contribution in [0.15, 0.2) is 59.5 Å². The zero-order valence-electron chi connectivity index (χ0n) is 15.3. The number of hydrogen-bond acceptors (Lipinski definition) is 3. The van der Waals surface area contributed by atoms with Gasteiger partial charge in [-0.25, -0.2) is 12.8 Å². The van der Waals surface area contributed by atoms with E-state index in [0.29, 0.717) is 13.1 Å². The SMILES string of the molecule is COc1ccc(S(=O)(=O)N2CC[NH+](C/C=C/c3ccccc3)CC2)cc1F. The summed E-state index contributed by atoms with van der Waals surface area (Å²) < 4.78 is 45.6. The fraction of sp³-hybridized carbons (Fsp3) is 0.300. The molecule has 5 nitrogen and oxygen atoms in total. The van der Waals surface area contributed by atoms with Gasteiger partial charge in [-0.05, 0) is 29.8 Å². The Morgan fingerprint density at radius 3 is 2.48 bits per heavy atom. The van der Waals surface area contributed by atoms with Crippen molar-refractivity contribution in [3.8, 4) is 5.75 Å². The van der Waals surface area contributed by atoms with Crippen LogP contribution in [-0.2, 0) is 10.0 Å². The third kappa shape index (κ3) is 4.74. The first-order valence-corrected chi connectivity index (χ1v) is 10.3. The number of piperazine rings is 1. The Balaban J connectivity index is 1.58. The lowest BCUT2D eigenvalue weighted by atomic mass is 10.2.